The maximum atomic E-state index is 9.67. The predicted octanol–water partition coefficient (Wildman–Crippen LogP) is 0.902. The molecule has 0 amide bonds. The highest BCUT2D eigenvalue weighted by Crippen LogP contribution is 2.03. The van der Waals surface area contributed by atoms with Gasteiger partial charge in [0.2, 0.25) is 0 Å². The van der Waals surface area contributed by atoms with E-state index in [9.17, 15) is 10.2 Å². The topological polar surface area (TPSA) is 90.5 Å². The van der Waals surface area contributed by atoms with E-state index in [1.165, 1.54) is 0 Å². The largest absolute Gasteiger partial charge is 0.379 e. The lowest BCUT2D eigenvalue weighted by atomic mass is 10.1. The average Bonchev–Trinajstić information content (AvgIpc) is 2.39. The normalized spacial score (nSPS) is 14.5. The number of nitrogens with one attached hydrogen (secondary N) is 2. The molecule has 5 nitrogen and oxygen atoms in total. The number of hydrogen-bond donors (Lipinski definition) is 5. The van der Waals surface area contributed by atoms with E-state index in [-0.39, 0.29) is 12.5 Å². The van der Waals surface area contributed by atoms with Crippen molar-refractivity contribution in [3.63, 3.8) is 0 Å². The Labute approximate surface area is 118 Å². The molecular formula is C14H33N3O2. The number of rotatable bonds is 14. The van der Waals surface area contributed by atoms with Crippen molar-refractivity contribution in [2.24, 2.45) is 5.73 Å². The lowest BCUT2D eigenvalue weighted by Gasteiger charge is -2.13. The zero-order chi connectivity index (χ0) is 14.3. The summed E-state index contributed by atoms with van der Waals surface area (Å²) in [6.07, 6.45) is 7.15. The molecule has 2 unspecified atom stereocenters. The first-order valence-corrected chi connectivity index (χ1v) is 7.73. The van der Waals surface area contributed by atoms with Crippen LogP contribution in [0.3, 0.4) is 0 Å². The summed E-state index contributed by atoms with van der Waals surface area (Å²) in [5, 5.41) is 25.2. The highest BCUT2D eigenvalue weighted by atomic mass is 16.3. The van der Waals surface area contributed by atoms with Gasteiger partial charge in [0.15, 0.2) is 0 Å². The van der Waals surface area contributed by atoms with Gasteiger partial charge in [-0.3, -0.25) is 10.6 Å². The van der Waals surface area contributed by atoms with Crippen LogP contribution in [0.15, 0.2) is 0 Å². The van der Waals surface area contributed by atoms with Crippen LogP contribution in [0.4, 0.5) is 0 Å². The molecule has 0 spiro atoms. The molecule has 0 saturated carbocycles. The molecule has 0 aliphatic heterocycles. The van der Waals surface area contributed by atoms with Gasteiger partial charge in [-0.2, -0.15) is 0 Å². The van der Waals surface area contributed by atoms with E-state index < -0.39 is 0 Å². The Morgan fingerprint density at radius 1 is 0.842 bits per heavy atom. The van der Waals surface area contributed by atoms with Gasteiger partial charge in [0.05, 0.1) is 0 Å². The Morgan fingerprint density at radius 2 is 1.42 bits per heavy atom. The molecule has 0 fully saturated rings. The van der Waals surface area contributed by atoms with E-state index in [1.54, 1.807) is 0 Å². The van der Waals surface area contributed by atoms with Gasteiger partial charge < -0.3 is 15.9 Å². The first-order chi connectivity index (χ1) is 9.20. The second-order valence-electron chi connectivity index (χ2n) is 5.03. The monoisotopic (exact) mass is 275 g/mol. The summed E-state index contributed by atoms with van der Waals surface area (Å²) in [6, 6.07) is 0. The van der Waals surface area contributed by atoms with Crippen molar-refractivity contribution in [1.82, 2.24) is 10.6 Å². The molecule has 6 N–H and O–H groups in total. The minimum absolute atomic E-state index is 0.369. The van der Waals surface area contributed by atoms with Gasteiger partial charge in [-0.1, -0.05) is 19.8 Å². The van der Waals surface area contributed by atoms with Crippen molar-refractivity contribution >= 4 is 0 Å². The smallest absolute Gasteiger partial charge is 0.104 e. The summed E-state index contributed by atoms with van der Waals surface area (Å²) in [5.74, 6) is 0. The molecule has 0 aromatic rings. The van der Waals surface area contributed by atoms with E-state index in [4.69, 9.17) is 5.73 Å². The Hall–Kier alpha value is -0.200. The van der Waals surface area contributed by atoms with Crippen LogP contribution >= 0.6 is 0 Å². The van der Waals surface area contributed by atoms with Crippen LogP contribution in [0.1, 0.15) is 58.3 Å². The fourth-order valence-corrected chi connectivity index (χ4v) is 2.01. The van der Waals surface area contributed by atoms with Crippen LogP contribution in [0, 0.1) is 0 Å². The molecule has 0 bridgehead atoms. The Bertz CT molecular complexity index is 182. The average molecular weight is 275 g/mol. The van der Waals surface area contributed by atoms with Gasteiger partial charge in [-0.05, 0) is 58.2 Å². The van der Waals surface area contributed by atoms with Crippen molar-refractivity contribution in [1.29, 1.82) is 0 Å². The van der Waals surface area contributed by atoms with Gasteiger partial charge >= 0.3 is 0 Å². The molecule has 0 heterocycles. The summed E-state index contributed by atoms with van der Waals surface area (Å²) in [4.78, 5) is 0. The SMILES string of the molecule is CCNC(O)CCCCCNC(O)CCCCCN. The summed E-state index contributed by atoms with van der Waals surface area (Å²) >= 11 is 0. The molecule has 0 aliphatic carbocycles. The fraction of sp³-hybridized carbons (Fsp3) is 1.00. The van der Waals surface area contributed by atoms with E-state index in [0.29, 0.717) is 0 Å². The zero-order valence-corrected chi connectivity index (χ0v) is 12.4. The third-order valence-corrected chi connectivity index (χ3v) is 3.16. The number of nitrogens with two attached hydrogens (primary N) is 1. The lowest BCUT2D eigenvalue weighted by molar-refractivity contribution is 0.120. The van der Waals surface area contributed by atoms with Crippen LogP contribution in [0.25, 0.3) is 0 Å². The summed E-state index contributed by atoms with van der Waals surface area (Å²) < 4.78 is 0. The van der Waals surface area contributed by atoms with Gasteiger partial charge in [-0.25, -0.2) is 0 Å². The molecule has 0 aromatic heterocycles. The van der Waals surface area contributed by atoms with E-state index in [2.05, 4.69) is 10.6 Å². The molecule has 2 atom stereocenters. The third-order valence-electron chi connectivity index (χ3n) is 3.16. The van der Waals surface area contributed by atoms with Crippen molar-refractivity contribution in [3.8, 4) is 0 Å². The number of aliphatic hydroxyl groups is 2. The van der Waals surface area contributed by atoms with Crippen LogP contribution in [0.5, 0.6) is 0 Å². The van der Waals surface area contributed by atoms with Gasteiger partial charge in [0.25, 0.3) is 0 Å². The molecule has 0 radical (unpaired) electrons. The Morgan fingerprint density at radius 3 is 2.00 bits per heavy atom. The van der Waals surface area contributed by atoms with Crippen molar-refractivity contribution in [2.75, 3.05) is 19.6 Å². The standard InChI is InChI=1S/C14H33N3O2/c1-2-16-13(18)9-6-4-8-12-17-14(19)10-5-3-7-11-15/h13-14,16-19H,2-12,15H2,1H3. The Kier molecular flexibility index (Phi) is 14.1. The molecule has 5 heteroatoms. The van der Waals surface area contributed by atoms with Gasteiger partial charge in [-0.15, -0.1) is 0 Å². The molecule has 0 saturated heterocycles. The summed E-state index contributed by atoms with van der Waals surface area (Å²) in [5.41, 5.74) is 5.41. The second kappa shape index (κ2) is 14.2. The highest BCUT2D eigenvalue weighted by Gasteiger charge is 2.03. The highest BCUT2D eigenvalue weighted by molar-refractivity contribution is 4.57. The van der Waals surface area contributed by atoms with Gasteiger partial charge in [0, 0.05) is 0 Å². The molecule has 0 aliphatic rings. The molecule has 0 aromatic carbocycles. The van der Waals surface area contributed by atoms with Crippen LogP contribution in [-0.4, -0.2) is 42.3 Å². The maximum Gasteiger partial charge on any atom is 0.104 e. The zero-order valence-electron chi connectivity index (χ0n) is 12.4. The van der Waals surface area contributed by atoms with Crippen LogP contribution in [-0.2, 0) is 0 Å². The van der Waals surface area contributed by atoms with Gasteiger partial charge in [0.1, 0.15) is 12.5 Å². The first-order valence-electron chi connectivity index (χ1n) is 7.73. The number of aliphatic hydroxyl groups excluding tert-OH is 2. The molecule has 0 rings (SSSR count). The summed E-state index contributed by atoms with van der Waals surface area (Å²) in [7, 11) is 0. The predicted molar refractivity (Wildman–Crippen MR) is 79.7 cm³/mol. The Balaban J connectivity index is 3.20. The van der Waals surface area contributed by atoms with Crippen molar-refractivity contribution in [2.45, 2.75) is 70.7 Å². The molecular weight excluding hydrogens is 242 g/mol. The first kappa shape index (κ1) is 18.8. The van der Waals surface area contributed by atoms with Crippen molar-refractivity contribution < 1.29 is 10.2 Å². The van der Waals surface area contributed by atoms with Crippen molar-refractivity contribution in [3.05, 3.63) is 0 Å². The van der Waals surface area contributed by atoms with E-state index in [0.717, 1.165) is 71.0 Å². The quantitative estimate of drug-likeness (QED) is 0.240. The fourth-order valence-electron chi connectivity index (χ4n) is 2.01. The van der Waals surface area contributed by atoms with E-state index >= 15 is 0 Å². The molecule has 116 valence electrons. The second-order valence-corrected chi connectivity index (χ2v) is 5.03. The number of unbranched alkanes of at least 4 members (excludes halogenated alkanes) is 4. The van der Waals surface area contributed by atoms with Crippen LogP contribution < -0.4 is 16.4 Å². The van der Waals surface area contributed by atoms with E-state index in [1.807, 2.05) is 6.92 Å². The number of hydrogen-bond acceptors (Lipinski definition) is 5. The lowest BCUT2D eigenvalue weighted by Crippen LogP contribution is -2.30. The minimum atomic E-state index is -0.384. The van der Waals surface area contributed by atoms with Crippen LogP contribution in [0.2, 0.25) is 0 Å². The maximum absolute atomic E-state index is 9.67. The summed E-state index contributed by atoms with van der Waals surface area (Å²) in [6.45, 7) is 4.37. The minimum Gasteiger partial charge on any atom is -0.379 e. The molecule has 19 heavy (non-hydrogen) atoms. The third kappa shape index (κ3) is 14.0.